The molecule has 0 aliphatic carbocycles. The SMILES string of the molecule is CC(C)(C)c1ccc(C(C)(C#N)N2CCCC2)cc1. The van der Waals surface area contributed by atoms with Crippen LogP contribution in [0.25, 0.3) is 0 Å². The second kappa shape index (κ2) is 4.98. The molecule has 1 aliphatic heterocycles. The van der Waals surface area contributed by atoms with Gasteiger partial charge in [0.2, 0.25) is 0 Å². The predicted molar refractivity (Wildman–Crippen MR) is 78.9 cm³/mol. The van der Waals surface area contributed by atoms with Crippen molar-refractivity contribution >= 4 is 0 Å². The van der Waals surface area contributed by atoms with Crippen LogP contribution in [0.1, 0.15) is 51.7 Å². The van der Waals surface area contributed by atoms with E-state index in [4.69, 9.17) is 0 Å². The highest BCUT2D eigenvalue weighted by atomic mass is 15.2. The van der Waals surface area contributed by atoms with Crippen molar-refractivity contribution in [2.24, 2.45) is 0 Å². The first-order chi connectivity index (χ1) is 8.88. The summed E-state index contributed by atoms with van der Waals surface area (Å²) in [4.78, 5) is 2.30. The fourth-order valence-electron chi connectivity index (χ4n) is 2.78. The average molecular weight is 256 g/mol. The zero-order valence-corrected chi connectivity index (χ0v) is 12.5. The van der Waals surface area contributed by atoms with Crippen molar-refractivity contribution in [3.05, 3.63) is 35.4 Å². The lowest BCUT2D eigenvalue weighted by Crippen LogP contribution is -2.40. The molecule has 2 rings (SSSR count). The maximum absolute atomic E-state index is 9.64. The van der Waals surface area contributed by atoms with E-state index in [0.29, 0.717) is 0 Å². The third kappa shape index (κ3) is 2.67. The highest BCUT2D eigenvalue weighted by Crippen LogP contribution is 2.32. The predicted octanol–water partition coefficient (Wildman–Crippen LogP) is 3.82. The normalized spacial score (nSPS) is 19.9. The first kappa shape index (κ1) is 14.1. The Labute approximate surface area is 117 Å². The van der Waals surface area contributed by atoms with Crippen molar-refractivity contribution in [1.29, 1.82) is 5.26 Å². The molecule has 1 atom stereocenters. The van der Waals surface area contributed by atoms with Crippen LogP contribution >= 0.6 is 0 Å². The number of nitriles is 1. The largest absolute Gasteiger partial charge is 0.282 e. The summed E-state index contributed by atoms with van der Waals surface area (Å²) in [5.41, 5.74) is 2.12. The van der Waals surface area contributed by atoms with Gasteiger partial charge in [0.1, 0.15) is 5.54 Å². The van der Waals surface area contributed by atoms with Gasteiger partial charge in [-0.15, -0.1) is 0 Å². The van der Waals surface area contributed by atoms with Crippen LogP contribution in [0.3, 0.4) is 0 Å². The fourth-order valence-corrected chi connectivity index (χ4v) is 2.78. The maximum Gasteiger partial charge on any atom is 0.131 e. The summed E-state index contributed by atoms with van der Waals surface area (Å²) < 4.78 is 0. The highest BCUT2D eigenvalue weighted by molar-refractivity contribution is 5.35. The van der Waals surface area contributed by atoms with Gasteiger partial charge in [0.25, 0.3) is 0 Å². The summed E-state index contributed by atoms with van der Waals surface area (Å²) in [5, 5.41) is 9.64. The third-order valence-corrected chi connectivity index (χ3v) is 4.27. The molecule has 102 valence electrons. The van der Waals surface area contributed by atoms with Gasteiger partial charge >= 0.3 is 0 Å². The Bertz CT molecular complexity index is 469. The summed E-state index contributed by atoms with van der Waals surface area (Å²) in [7, 11) is 0. The van der Waals surface area contributed by atoms with Crippen molar-refractivity contribution < 1.29 is 0 Å². The summed E-state index contributed by atoms with van der Waals surface area (Å²) in [5.74, 6) is 0. The Morgan fingerprint density at radius 3 is 1.84 bits per heavy atom. The topological polar surface area (TPSA) is 27.0 Å². The lowest BCUT2D eigenvalue weighted by Gasteiger charge is -2.33. The van der Waals surface area contributed by atoms with Crippen molar-refractivity contribution in [3.8, 4) is 6.07 Å². The van der Waals surface area contributed by atoms with Crippen molar-refractivity contribution in [3.63, 3.8) is 0 Å². The van der Waals surface area contributed by atoms with Gasteiger partial charge in [-0.1, -0.05) is 45.0 Å². The average Bonchev–Trinajstić information content (AvgIpc) is 2.91. The molecule has 0 saturated carbocycles. The Balaban J connectivity index is 2.32. The standard InChI is InChI=1S/C17H24N2/c1-16(2,3)14-7-9-15(10-8-14)17(4,13-18)19-11-5-6-12-19/h7-10H,5-6,11-12H2,1-4H3. The summed E-state index contributed by atoms with van der Waals surface area (Å²) in [6.07, 6.45) is 2.41. The second-order valence-electron chi connectivity index (χ2n) is 6.71. The maximum atomic E-state index is 9.64. The minimum absolute atomic E-state index is 0.162. The molecular weight excluding hydrogens is 232 g/mol. The van der Waals surface area contributed by atoms with Gasteiger partial charge in [-0.2, -0.15) is 5.26 Å². The van der Waals surface area contributed by atoms with E-state index >= 15 is 0 Å². The summed E-state index contributed by atoms with van der Waals surface area (Å²) in [6, 6.07) is 11.1. The minimum atomic E-state index is -0.479. The van der Waals surface area contributed by atoms with Gasteiger partial charge in [-0.05, 0) is 49.4 Å². The van der Waals surface area contributed by atoms with E-state index in [-0.39, 0.29) is 5.41 Å². The van der Waals surface area contributed by atoms with Gasteiger partial charge in [-0.3, -0.25) is 4.90 Å². The van der Waals surface area contributed by atoms with Crippen LogP contribution in [-0.4, -0.2) is 18.0 Å². The number of likely N-dealkylation sites (tertiary alicyclic amines) is 1. The molecular formula is C17H24N2. The molecule has 1 aromatic rings. The molecule has 19 heavy (non-hydrogen) atoms. The van der Waals surface area contributed by atoms with Gasteiger partial charge in [0, 0.05) is 0 Å². The lowest BCUT2D eigenvalue weighted by atomic mass is 9.84. The van der Waals surface area contributed by atoms with Crippen LogP contribution < -0.4 is 0 Å². The number of rotatable bonds is 2. The Kier molecular flexibility index (Phi) is 3.69. The Morgan fingerprint density at radius 2 is 1.42 bits per heavy atom. The Morgan fingerprint density at radius 1 is 0.947 bits per heavy atom. The number of nitrogens with zero attached hydrogens (tertiary/aromatic N) is 2. The van der Waals surface area contributed by atoms with E-state index in [1.54, 1.807) is 0 Å². The minimum Gasteiger partial charge on any atom is -0.282 e. The number of hydrogen-bond acceptors (Lipinski definition) is 2. The molecule has 0 radical (unpaired) electrons. The van der Waals surface area contributed by atoms with E-state index in [9.17, 15) is 5.26 Å². The molecule has 2 heteroatoms. The first-order valence-electron chi connectivity index (χ1n) is 7.15. The fraction of sp³-hybridized carbons (Fsp3) is 0.588. The molecule has 0 spiro atoms. The van der Waals surface area contributed by atoms with Crippen LogP contribution in [0.15, 0.2) is 24.3 Å². The smallest absolute Gasteiger partial charge is 0.131 e. The molecule has 0 aromatic heterocycles. The molecule has 1 fully saturated rings. The van der Waals surface area contributed by atoms with Gasteiger partial charge in [0.15, 0.2) is 0 Å². The molecule has 1 heterocycles. The van der Waals surface area contributed by atoms with Crippen molar-refractivity contribution in [2.45, 2.75) is 51.5 Å². The number of hydrogen-bond donors (Lipinski definition) is 0. The molecule has 0 amide bonds. The molecule has 2 nitrogen and oxygen atoms in total. The van der Waals surface area contributed by atoms with Crippen molar-refractivity contribution in [2.75, 3.05) is 13.1 Å². The molecule has 1 saturated heterocycles. The van der Waals surface area contributed by atoms with Gasteiger partial charge < -0.3 is 0 Å². The molecule has 0 bridgehead atoms. The van der Waals surface area contributed by atoms with E-state index < -0.39 is 5.54 Å². The quantitative estimate of drug-likeness (QED) is 0.804. The summed E-state index contributed by atoms with van der Waals surface area (Å²) >= 11 is 0. The van der Waals surface area contributed by atoms with Gasteiger partial charge in [-0.25, -0.2) is 0 Å². The van der Waals surface area contributed by atoms with E-state index in [2.05, 4.69) is 56.0 Å². The zero-order chi connectivity index (χ0) is 14.1. The van der Waals surface area contributed by atoms with Crippen LogP contribution in [-0.2, 0) is 11.0 Å². The summed E-state index contributed by atoms with van der Waals surface area (Å²) in [6.45, 7) is 10.8. The molecule has 1 aromatic carbocycles. The third-order valence-electron chi connectivity index (χ3n) is 4.27. The molecule has 1 aliphatic rings. The zero-order valence-electron chi connectivity index (χ0n) is 12.5. The Hall–Kier alpha value is -1.33. The van der Waals surface area contributed by atoms with Crippen LogP contribution in [0.4, 0.5) is 0 Å². The lowest BCUT2D eigenvalue weighted by molar-refractivity contribution is 0.193. The second-order valence-corrected chi connectivity index (χ2v) is 6.71. The van der Waals surface area contributed by atoms with Crippen LogP contribution in [0, 0.1) is 11.3 Å². The van der Waals surface area contributed by atoms with E-state index in [0.717, 1.165) is 18.7 Å². The number of benzene rings is 1. The molecule has 1 unspecified atom stereocenters. The van der Waals surface area contributed by atoms with E-state index in [1.165, 1.54) is 18.4 Å². The highest BCUT2D eigenvalue weighted by Gasteiger charge is 2.35. The molecule has 0 N–H and O–H groups in total. The van der Waals surface area contributed by atoms with Crippen molar-refractivity contribution in [1.82, 2.24) is 4.90 Å². The van der Waals surface area contributed by atoms with Crippen LogP contribution in [0.2, 0.25) is 0 Å². The monoisotopic (exact) mass is 256 g/mol. The van der Waals surface area contributed by atoms with Crippen LogP contribution in [0.5, 0.6) is 0 Å². The van der Waals surface area contributed by atoms with E-state index in [1.807, 2.05) is 6.92 Å². The first-order valence-corrected chi connectivity index (χ1v) is 7.15. The van der Waals surface area contributed by atoms with Gasteiger partial charge in [0.05, 0.1) is 6.07 Å².